The van der Waals surface area contributed by atoms with Crippen molar-refractivity contribution in [2.75, 3.05) is 6.61 Å². The van der Waals surface area contributed by atoms with Crippen LogP contribution in [0.1, 0.15) is 18.8 Å². The third kappa shape index (κ3) is 3.51. The SMILES string of the molecule is CC(CO)n1ccnc1.Cc1nccn1C. The summed E-state index contributed by atoms with van der Waals surface area (Å²) >= 11 is 0. The maximum absolute atomic E-state index is 8.66. The van der Waals surface area contributed by atoms with E-state index in [1.807, 2.05) is 42.4 Å². The largest absolute Gasteiger partial charge is 0.394 e. The van der Waals surface area contributed by atoms with Gasteiger partial charge in [0.15, 0.2) is 0 Å². The van der Waals surface area contributed by atoms with Crippen LogP contribution in [-0.2, 0) is 7.05 Å². The molecule has 2 rings (SSSR count). The Morgan fingerprint density at radius 3 is 2.44 bits per heavy atom. The zero-order valence-corrected chi connectivity index (χ0v) is 9.91. The van der Waals surface area contributed by atoms with Crippen LogP contribution in [0.4, 0.5) is 0 Å². The summed E-state index contributed by atoms with van der Waals surface area (Å²) in [5.74, 6) is 1.06. The summed E-state index contributed by atoms with van der Waals surface area (Å²) in [5.41, 5.74) is 0. The summed E-state index contributed by atoms with van der Waals surface area (Å²) in [6, 6.07) is 0.146. The molecule has 0 fully saturated rings. The first-order valence-corrected chi connectivity index (χ1v) is 5.17. The van der Waals surface area contributed by atoms with E-state index in [0.717, 1.165) is 5.82 Å². The summed E-state index contributed by atoms with van der Waals surface area (Å²) in [6.45, 7) is 4.07. The van der Waals surface area contributed by atoms with Crippen LogP contribution in [0.5, 0.6) is 0 Å². The Kier molecular flexibility index (Phi) is 4.72. The van der Waals surface area contributed by atoms with Gasteiger partial charge in [0, 0.05) is 31.8 Å². The summed E-state index contributed by atoms with van der Waals surface area (Å²) in [5, 5.41) is 8.66. The molecule has 0 bridgehead atoms. The molecule has 1 atom stereocenters. The average Bonchev–Trinajstić information content (AvgIpc) is 2.92. The zero-order valence-electron chi connectivity index (χ0n) is 9.91. The van der Waals surface area contributed by atoms with E-state index in [1.54, 1.807) is 18.7 Å². The number of nitrogens with zero attached hydrogens (tertiary/aromatic N) is 4. The molecule has 16 heavy (non-hydrogen) atoms. The lowest BCUT2D eigenvalue weighted by molar-refractivity contribution is 0.238. The normalized spacial score (nSPS) is 11.8. The fourth-order valence-electron chi connectivity index (χ4n) is 1.06. The number of imidazole rings is 2. The van der Waals surface area contributed by atoms with Crippen molar-refractivity contribution >= 4 is 0 Å². The van der Waals surface area contributed by atoms with Crippen molar-refractivity contribution in [1.29, 1.82) is 0 Å². The molecule has 0 radical (unpaired) electrons. The monoisotopic (exact) mass is 222 g/mol. The van der Waals surface area contributed by atoms with Gasteiger partial charge in [-0.2, -0.15) is 0 Å². The van der Waals surface area contributed by atoms with Crippen LogP contribution in [0.2, 0.25) is 0 Å². The van der Waals surface area contributed by atoms with Crippen LogP contribution in [0.3, 0.4) is 0 Å². The van der Waals surface area contributed by atoms with Gasteiger partial charge in [-0.15, -0.1) is 0 Å². The summed E-state index contributed by atoms with van der Waals surface area (Å²) < 4.78 is 3.83. The van der Waals surface area contributed by atoms with E-state index in [0.29, 0.717) is 0 Å². The third-order valence-electron chi connectivity index (χ3n) is 2.36. The van der Waals surface area contributed by atoms with Crippen LogP contribution in [0.25, 0.3) is 0 Å². The van der Waals surface area contributed by atoms with Crippen molar-refractivity contribution in [2.45, 2.75) is 19.9 Å². The molecule has 5 heteroatoms. The van der Waals surface area contributed by atoms with Gasteiger partial charge in [0.2, 0.25) is 0 Å². The highest BCUT2D eigenvalue weighted by molar-refractivity contribution is 4.85. The third-order valence-corrected chi connectivity index (χ3v) is 2.36. The smallest absolute Gasteiger partial charge is 0.105 e. The standard InChI is InChI=1S/C6H10N2O.C5H8N2/c1-6(4-9)8-3-2-7-5-8;1-5-6-3-4-7(5)2/h2-3,5-6,9H,4H2,1H3;3-4H,1-2H3. The van der Waals surface area contributed by atoms with Crippen molar-refractivity contribution in [3.8, 4) is 0 Å². The minimum atomic E-state index is 0.146. The van der Waals surface area contributed by atoms with Crippen molar-refractivity contribution in [2.24, 2.45) is 7.05 Å². The number of aryl methyl sites for hydroxylation is 2. The van der Waals surface area contributed by atoms with Gasteiger partial charge < -0.3 is 14.2 Å². The molecule has 0 saturated heterocycles. The number of rotatable bonds is 2. The van der Waals surface area contributed by atoms with Crippen molar-refractivity contribution in [1.82, 2.24) is 19.1 Å². The Hall–Kier alpha value is -1.62. The first kappa shape index (κ1) is 12.4. The molecule has 0 spiro atoms. The Balaban J connectivity index is 0.000000165. The maximum Gasteiger partial charge on any atom is 0.105 e. The van der Waals surface area contributed by atoms with E-state index in [-0.39, 0.29) is 12.6 Å². The van der Waals surface area contributed by atoms with Crippen LogP contribution < -0.4 is 0 Å². The Labute approximate surface area is 95.4 Å². The van der Waals surface area contributed by atoms with Gasteiger partial charge in [0.25, 0.3) is 0 Å². The molecule has 0 aromatic carbocycles. The molecule has 2 heterocycles. The van der Waals surface area contributed by atoms with Gasteiger partial charge in [0.05, 0.1) is 19.0 Å². The van der Waals surface area contributed by atoms with Gasteiger partial charge in [-0.05, 0) is 13.8 Å². The second kappa shape index (κ2) is 6.07. The highest BCUT2D eigenvalue weighted by atomic mass is 16.3. The summed E-state index contributed by atoms with van der Waals surface area (Å²) in [7, 11) is 1.97. The first-order chi connectivity index (χ1) is 7.65. The van der Waals surface area contributed by atoms with E-state index in [4.69, 9.17) is 5.11 Å². The summed E-state index contributed by atoms with van der Waals surface area (Å²) in [4.78, 5) is 7.82. The maximum atomic E-state index is 8.66. The number of aromatic nitrogens is 4. The lowest BCUT2D eigenvalue weighted by atomic mass is 10.4. The molecule has 0 saturated carbocycles. The van der Waals surface area contributed by atoms with Gasteiger partial charge in [-0.25, -0.2) is 9.97 Å². The first-order valence-electron chi connectivity index (χ1n) is 5.17. The predicted molar refractivity (Wildman–Crippen MR) is 62.0 cm³/mol. The Morgan fingerprint density at radius 1 is 1.38 bits per heavy atom. The minimum absolute atomic E-state index is 0.146. The lowest BCUT2D eigenvalue weighted by Gasteiger charge is -2.07. The van der Waals surface area contributed by atoms with E-state index in [9.17, 15) is 0 Å². The molecular weight excluding hydrogens is 204 g/mol. The molecule has 88 valence electrons. The van der Waals surface area contributed by atoms with Crippen LogP contribution in [0.15, 0.2) is 31.1 Å². The molecule has 2 aromatic rings. The van der Waals surface area contributed by atoms with Gasteiger partial charge in [-0.3, -0.25) is 0 Å². The van der Waals surface area contributed by atoms with E-state index in [2.05, 4.69) is 9.97 Å². The molecule has 2 aromatic heterocycles. The molecule has 5 nitrogen and oxygen atoms in total. The molecule has 0 amide bonds. The minimum Gasteiger partial charge on any atom is -0.394 e. The van der Waals surface area contributed by atoms with Crippen LogP contribution >= 0.6 is 0 Å². The zero-order chi connectivity index (χ0) is 12.0. The van der Waals surface area contributed by atoms with E-state index >= 15 is 0 Å². The second-order valence-electron chi connectivity index (χ2n) is 3.63. The number of aliphatic hydroxyl groups excluding tert-OH is 1. The van der Waals surface area contributed by atoms with Gasteiger partial charge >= 0.3 is 0 Å². The Morgan fingerprint density at radius 2 is 2.12 bits per heavy atom. The molecule has 1 N–H and O–H groups in total. The second-order valence-corrected chi connectivity index (χ2v) is 3.63. The van der Waals surface area contributed by atoms with Crippen LogP contribution in [-0.4, -0.2) is 30.8 Å². The lowest BCUT2D eigenvalue weighted by Crippen LogP contribution is -2.06. The van der Waals surface area contributed by atoms with Gasteiger partial charge in [0.1, 0.15) is 5.82 Å². The average molecular weight is 222 g/mol. The number of hydrogen-bond acceptors (Lipinski definition) is 3. The highest BCUT2D eigenvalue weighted by Crippen LogP contribution is 2.00. The van der Waals surface area contributed by atoms with E-state index in [1.165, 1.54) is 0 Å². The predicted octanol–water partition coefficient (Wildman–Crippen LogP) is 1.16. The molecule has 0 aliphatic carbocycles. The van der Waals surface area contributed by atoms with Crippen molar-refractivity contribution in [3.63, 3.8) is 0 Å². The molecule has 0 aliphatic heterocycles. The summed E-state index contributed by atoms with van der Waals surface area (Å²) in [6.07, 6.45) is 8.94. The van der Waals surface area contributed by atoms with Crippen molar-refractivity contribution < 1.29 is 5.11 Å². The molecule has 1 unspecified atom stereocenters. The van der Waals surface area contributed by atoms with E-state index < -0.39 is 0 Å². The van der Waals surface area contributed by atoms with Crippen molar-refractivity contribution in [3.05, 3.63) is 36.9 Å². The highest BCUT2D eigenvalue weighted by Gasteiger charge is 1.98. The fourth-order valence-corrected chi connectivity index (χ4v) is 1.06. The number of hydrogen-bond donors (Lipinski definition) is 1. The van der Waals surface area contributed by atoms with Gasteiger partial charge in [-0.1, -0.05) is 0 Å². The quantitative estimate of drug-likeness (QED) is 0.829. The fraction of sp³-hybridized carbons (Fsp3) is 0.455. The number of aliphatic hydroxyl groups is 1. The topological polar surface area (TPSA) is 55.9 Å². The molecular formula is C11H18N4O. The molecule has 0 aliphatic rings. The van der Waals surface area contributed by atoms with Crippen LogP contribution in [0, 0.1) is 6.92 Å². The Bertz CT molecular complexity index is 377.